The third-order valence-electron chi connectivity index (χ3n) is 19.9. The average Bonchev–Trinajstić information content (AvgIpc) is 0.771. The number of aliphatic hydroxyl groups is 6. The number of rotatable bonds is 14. The Morgan fingerprint density at radius 1 is 0.690 bits per heavy atom. The number of nitrogens with two attached hydrogens (primary N) is 1. The first kappa shape index (κ1) is 85.3. The molecule has 12 rings (SSSR count). The van der Waals surface area contributed by atoms with Crippen molar-refractivity contribution < 1.29 is 127 Å². The van der Waals surface area contributed by atoms with Crippen LogP contribution in [0, 0.1) is 16.7 Å². The Hall–Kier alpha value is -10.2. The minimum atomic E-state index is -2.41. The van der Waals surface area contributed by atoms with Gasteiger partial charge in [-0.2, -0.15) is 0 Å². The number of aromatic hydroxyl groups is 3. The highest BCUT2D eigenvalue weighted by molar-refractivity contribution is 6.32. The van der Waals surface area contributed by atoms with E-state index in [-0.39, 0.29) is 23.5 Å². The summed E-state index contributed by atoms with van der Waals surface area (Å²) in [5.41, 5.74) is -0.914. The predicted octanol–water partition coefficient (Wildman–Crippen LogP) is 2.59. The number of carboxylic acids is 1. The minimum Gasteiger partial charge on any atom is -0.508 e. The quantitative estimate of drug-likeness (QED) is 0.0759. The van der Waals surface area contributed by atoms with E-state index in [2.05, 4.69) is 37.2 Å². The number of fused-ring (bicyclic) bond motifs is 15. The fourth-order valence-electron chi connectivity index (χ4n) is 13.8. The molecule has 7 aliphatic rings. The van der Waals surface area contributed by atoms with Crippen molar-refractivity contribution in [2.75, 3.05) is 13.7 Å². The standard InChI is InChI=1S/C76H91Cl2N9O26/c1-29(2)18-41(87(11)73(107)75(7,8)9)65(99)84-55-57(93)32-13-16-44(38(77)20-32)109-46-22-34-23-47(62(46)113-71-60(96)59(95)58(94)48(28-88)111-71)110-45-17-14-33(21-39(45)78)61(112-50-27-76(10,63(97)30(3)108-50)86-72(106)74(4,5)6)56-69(103)83-54(70(104)105)37-24-35(89)25-43(91)51(37)36-19-31(12-15-42(36)90)52(66(100)85-56)82-67(101)53(34)81-64(98)40(26-49(79)92)80-68(55)102/h12-17,19-25,29-30,40-41,48,50,52-61,63,71,88-91,93-97H,18,26-28H2,1-11H3,(H2,79,92)(H,80,102)(H,81,98)(H,82,101)(H,83,103)(H,84,99)(H,85,100)(H,86,106)(H,104,105)/t30-,40+,41-,48+,50+,52-,53-,54+,55-,56+,57-,58+,59-,60+,61-,63-,71-,76+/m1/s1. The molecule has 5 aromatic rings. The van der Waals surface area contributed by atoms with Crippen molar-refractivity contribution in [1.82, 2.24) is 42.1 Å². The molecule has 0 saturated carbocycles. The van der Waals surface area contributed by atoms with E-state index >= 15 is 24.0 Å². The fourth-order valence-corrected chi connectivity index (χ4v) is 14.2. The summed E-state index contributed by atoms with van der Waals surface area (Å²) in [5.74, 6) is -18.0. The lowest BCUT2D eigenvalue weighted by Crippen LogP contribution is -2.65. The number of aliphatic carboxylic acids is 1. The summed E-state index contributed by atoms with van der Waals surface area (Å²) in [4.78, 5) is 150. The molecular weight excluding hydrogens is 1530 g/mol. The molecule has 0 spiro atoms. The number of ether oxygens (including phenoxy) is 6. The molecule has 610 valence electrons. The topological polar surface area (TPSA) is 542 Å². The number of aliphatic hydroxyl groups excluding tert-OH is 6. The largest absolute Gasteiger partial charge is 0.508 e. The van der Waals surface area contributed by atoms with E-state index in [9.17, 15) is 75.0 Å². The van der Waals surface area contributed by atoms with Crippen LogP contribution in [0.2, 0.25) is 10.0 Å². The van der Waals surface area contributed by atoms with Gasteiger partial charge in [0.2, 0.25) is 65.2 Å². The minimum absolute atomic E-state index is 0.00328. The molecule has 19 N–H and O–H groups in total. The van der Waals surface area contributed by atoms with Crippen molar-refractivity contribution in [3.05, 3.63) is 117 Å². The summed E-state index contributed by atoms with van der Waals surface area (Å²) in [6, 6.07) is -1.54. The molecule has 0 unspecified atom stereocenters. The van der Waals surface area contributed by atoms with Crippen LogP contribution >= 0.6 is 23.2 Å². The first-order chi connectivity index (χ1) is 52.8. The van der Waals surface area contributed by atoms with E-state index in [4.69, 9.17) is 57.4 Å². The van der Waals surface area contributed by atoms with Crippen LogP contribution in [0.1, 0.15) is 147 Å². The molecule has 0 aliphatic carbocycles. The van der Waals surface area contributed by atoms with Gasteiger partial charge in [0.25, 0.3) is 0 Å². The molecule has 9 amide bonds. The Balaban J connectivity index is 1.25. The summed E-state index contributed by atoms with van der Waals surface area (Å²) < 4.78 is 38.5. The number of nitrogens with zero attached hydrogens (tertiary/aromatic N) is 1. The Morgan fingerprint density at radius 2 is 1.28 bits per heavy atom. The highest BCUT2D eigenvalue weighted by atomic mass is 35.5. The van der Waals surface area contributed by atoms with Crippen LogP contribution in [0.3, 0.4) is 0 Å². The zero-order chi connectivity index (χ0) is 83.3. The Kier molecular flexibility index (Phi) is 25.3. The number of benzene rings is 5. The van der Waals surface area contributed by atoms with Crippen molar-refractivity contribution >= 4 is 82.3 Å². The molecule has 2 fully saturated rings. The fraction of sp³-hybridized carbons (Fsp3) is 0.474. The van der Waals surface area contributed by atoms with Gasteiger partial charge in [-0.05, 0) is 103 Å². The summed E-state index contributed by atoms with van der Waals surface area (Å²) in [7, 11) is 1.37. The van der Waals surface area contributed by atoms with E-state index < -0.39 is 283 Å². The van der Waals surface area contributed by atoms with Crippen molar-refractivity contribution in [2.24, 2.45) is 22.5 Å². The first-order valence-electron chi connectivity index (χ1n) is 35.9. The second-order valence-electron chi connectivity index (χ2n) is 31.2. The van der Waals surface area contributed by atoms with E-state index in [1.165, 1.54) is 37.9 Å². The third kappa shape index (κ3) is 18.4. The normalized spacial score (nSPS) is 27.8. The number of likely N-dealkylation sites (N-methyl/N-ethyl adjacent to an activating group) is 1. The van der Waals surface area contributed by atoms with Crippen LogP contribution < -0.4 is 57.2 Å². The zero-order valence-electron chi connectivity index (χ0n) is 63.0. The lowest BCUT2D eigenvalue weighted by Gasteiger charge is -2.47. The molecule has 37 heteroatoms. The smallest absolute Gasteiger partial charge is 0.330 e. The average molecular weight is 1620 g/mol. The number of phenols is 3. The number of hydrogen-bond donors (Lipinski definition) is 18. The molecule has 18 atom stereocenters. The van der Waals surface area contributed by atoms with Gasteiger partial charge in [-0.25, -0.2) is 4.79 Å². The van der Waals surface area contributed by atoms with Crippen molar-refractivity contribution in [2.45, 2.75) is 198 Å². The lowest BCUT2D eigenvalue weighted by atomic mass is 9.83. The number of nitrogens with one attached hydrogen (secondary N) is 7. The van der Waals surface area contributed by atoms with Crippen LogP contribution in [0.4, 0.5) is 0 Å². The van der Waals surface area contributed by atoms with Crippen LogP contribution in [0.15, 0.2) is 78.9 Å². The number of primary amides is 1. The highest BCUT2D eigenvalue weighted by Crippen LogP contribution is 2.50. The van der Waals surface area contributed by atoms with E-state index in [1.807, 2.05) is 0 Å². The third-order valence-corrected chi connectivity index (χ3v) is 20.4. The number of carbonyl (C=O) groups is 10. The predicted molar refractivity (Wildman–Crippen MR) is 396 cm³/mol. The number of halogens is 2. The van der Waals surface area contributed by atoms with Crippen molar-refractivity contribution in [3.8, 4) is 57.1 Å². The van der Waals surface area contributed by atoms with Gasteiger partial charge in [-0.15, -0.1) is 0 Å². The number of carboxylic acid groups (broad SMARTS) is 1. The van der Waals surface area contributed by atoms with Crippen LogP contribution in [-0.2, 0) is 62.2 Å². The van der Waals surface area contributed by atoms with E-state index in [1.54, 1.807) is 55.4 Å². The molecule has 2 saturated heterocycles. The number of amides is 9. The first-order valence-corrected chi connectivity index (χ1v) is 36.6. The summed E-state index contributed by atoms with van der Waals surface area (Å²) in [6.45, 7) is 15.1. The summed E-state index contributed by atoms with van der Waals surface area (Å²) >= 11 is 14.4. The van der Waals surface area contributed by atoms with Gasteiger partial charge in [-0.3, -0.25) is 43.2 Å². The lowest BCUT2D eigenvalue weighted by molar-refractivity contribution is -0.277. The summed E-state index contributed by atoms with van der Waals surface area (Å²) in [5, 5.41) is 131. The van der Waals surface area contributed by atoms with E-state index in [0.717, 1.165) is 66.7 Å². The zero-order valence-corrected chi connectivity index (χ0v) is 64.5. The summed E-state index contributed by atoms with van der Waals surface area (Å²) in [6.07, 6.45) is -20.2. The van der Waals surface area contributed by atoms with Crippen LogP contribution in [0.5, 0.6) is 46.0 Å². The van der Waals surface area contributed by atoms with Gasteiger partial charge in [0.15, 0.2) is 23.8 Å². The van der Waals surface area contributed by atoms with Crippen molar-refractivity contribution in [1.29, 1.82) is 0 Å². The molecule has 113 heavy (non-hydrogen) atoms. The maximum atomic E-state index is 16.4. The molecule has 11 bridgehead atoms. The molecule has 5 aromatic carbocycles. The number of carbonyl (C=O) groups excluding carboxylic acids is 9. The Morgan fingerprint density at radius 3 is 1.87 bits per heavy atom. The van der Waals surface area contributed by atoms with Crippen molar-refractivity contribution in [3.63, 3.8) is 0 Å². The van der Waals surface area contributed by atoms with Gasteiger partial charge in [0.05, 0.1) is 34.7 Å². The molecular formula is C76H91Cl2N9O26. The van der Waals surface area contributed by atoms with Gasteiger partial charge < -0.3 is 127 Å². The van der Waals surface area contributed by atoms with Gasteiger partial charge >= 0.3 is 5.97 Å². The maximum Gasteiger partial charge on any atom is 0.330 e. The van der Waals surface area contributed by atoms with Gasteiger partial charge in [-0.1, -0.05) is 96.8 Å². The van der Waals surface area contributed by atoms with Crippen LogP contribution in [0.25, 0.3) is 11.1 Å². The second kappa shape index (κ2) is 33.5. The molecule has 0 radical (unpaired) electrons. The van der Waals surface area contributed by atoms with Gasteiger partial charge in [0, 0.05) is 47.1 Å². The monoisotopic (exact) mass is 1620 g/mol. The number of phenolic OH excluding ortho intramolecular Hbond substituents is 3. The number of hydrogen-bond acceptors (Lipinski definition) is 25. The second-order valence-corrected chi connectivity index (χ2v) is 32.0. The highest BCUT2D eigenvalue weighted by Gasteiger charge is 2.51. The Bertz CT molecular complexity index is 4570. The molecule has 7 heterocycles. The molecule has 0 aromatic heterocycles. The van der Waals surface area contributed by atoms with Crippen LogP contribution in [-0.4, -0.2) is 208 Å². The van der Waals surface area contributed by atoms with E-state index in [0.29, 0.717) is 0 Å². The molecule has 35 nitrogen and oxygen atoms in total. The molecule has 7 aliphatic heterocycles. The SMILES string of the molecule is CC(C)C[C@H](C(=O)N[C@H]1C(=O)N[C@@H](CC(N)=O)C(=O)N[C@H]2C(=O)N[C@H]3C(=O)N[C@H](C(=O)N[C@H](C(=O)O)c4cc(O)cc(O)c4-c4cc3ccc4O)[C@H](O[C@H]3C[C@](C)(NC(=O)C(C)(C)C)[C@H](O)[C@@H](C)O3)c3ccc(c(Cl)c3)Oc3cc2cc(c3O[C@H]2O[C@@H](CO)[C@H](O)[C@@H](O)[C@@H]2O)Oc2ccc(cc2Cl)[C@H]1O)N(C)C(=O)C(C)(C)C. The Labute approximate surface area is 656 Å². The maximum absolute atomic E-state index is 16.4. The van der Waals surface area contributed by atoms with Gasteiger partial charge in [0.1, 0.15) is 108 Å².